The summed E-state index contributed by atoms with van der Waals surface area (Å²) in [5, 5.41) is 0. The molecular weight excluding hydrogens is 342 g/mol. The summed E-state index contributed by atoms with van der Waals surface area (Å²) in [6.07, 6.45) is -0.406. The van der Waals surface area contributed by atoms with Gasteiger partial charge in [0.1, 0.15) is 11.0 Å². The third-order valence-electron chi connectivity index (χ3n) is 2.36. The first-order valence-corrected chi connectivity index (χ1v) is 8.94. The maximum Gasteiger partial charge on any atom is 0.327 e. The molecule has 1 rings (SSSR count). The van der Waals surface area contributed by atoms with Gasteiger partial charge in [0.15, 0.2) is 6.29 Å². The predicted molar refractivity (Wildman–Crippen MR) is 74.8 cm³/mol. The van der Waals surface area contributed by atoms with E-state index in [0.717, 1.165) is 11.3 Å². The number of methoxy groups -OCH3 is 1. The average molecular weight is 357 g/mol. The number of ether oxygens (including phenoxy) is 3. The van der Waals surface area contributed by atoms with Crippen LogP contribution in [0.15, 0.2) is 14.0 Å². The van der Waals surface area contributed by atoms with Gasteiger partial charge in [0.05, 0.1) is 6.61 Å². The standard InChI is InChI=1S/C10H15NO7S3/c1-7-4-10(21(14,15)11-20(12)13)19-9(7)5-17-6-18-8(2)16-3/h4,8H,5-6H2,1-3H3. The van der Waals surface area contributed by atoms with Crippen LogP contribution in [-0.4, -0.2) is 37.0 Å². The molecule has 0 aliphatic rings. The van der Waals surface area contributed by atoms with Crippen molar-refractivity contribution >= 4 is 31.9 Å². The summed E-state index contributed by atoms with van der Waals surface area (Å²) < 4.78 is 61.8. The lowest BCUT2D eigenvalue weighted by Gasteiger charge is -2.10. The number of sulfonamides is 1. The number of hydrogen-bond donors (Lipinski definition) is 0. The number of nitrogens with zero attached hydrogens (tertiary/aromatic N) is 1. The van der Waals surface area contributed by atoms with E-state index < -0.39 is 26.8 Å². The van der Waals surface area contributed by atoms with E-state index in [-0.39, 0.29) is 17.6 Å². The van der Waals surface area contributed by atoms with Crippen molar-refractivity contribution in [3.05, 3.63) is 16.5 Å². The predicted octanol–water partition coefficient (Wildman–Crippen LogP) is 1.29. The SMILES string of the molecule is COC(C)OCOCc1sc(S(=O)(=O)N=S(=O)=O)cc1C. The third kappa shape index (κ3) is 5.80. The molecule has 0 saturated heterocycles. The molecule has 11 heteroatoms. The quantitative estimate of drug-likeness (QED) is 0.509. The van der Waals surface area contributed by atoms with Crippen molar-refractivity contribution in [2.75, 3.05) is 13.9 Å². The first kappa shape index (κ1) is 18.2. The van der Waals surface area contributed by atoms with E-state index in [2.05, 4.69) is 3.77 Å². The summed E-state index contributed by atoms with van der Waals surface area (Å²) in [6.45, 7) is 3.53. The van der Waals surface area contributed by atoms with Gasteiger partial charge in [0.2, 0.25) is 0 Å². The second kappa shape index (κ2) is 7.96. The minimum atomic E-state index is -4.19. The fraction of sp³-hybridized carbons (Fsp3) is 0.600. The molecule has 1 aromatic heterocycles. The molecule has 0 aliphatic heterocycles. The first-order chi connectivity index (χ1) is 9.76. The van der Waals surface area contributed by atoms with Crippen LogP contribution in [0.2, 0.25) is 0 Å². The fourth-order valence-electron chi connectivity index (χ4n) is 1.22. The summed E-state index contributed by atoms with van der Waals surface area (Å²) in [5.41, 5.74) is 0.672. The molecule has 0 radical (unpaired) electrons. The summed E-state index contributed by atoms with van der Waals surface area (Å²) in [5.74, 6) is 0. The molecule has 0 spiro atoms. The number of aryl methyl sites for hydroxylation is 1. The summed E-state index contributed by atoms with van der Waals surface area (Å²) in [7, 11) is -5.71. The molecule has 0 N–H and O–H groups in total. The zero-order valence-corrected chi connectivity index (χ0v) is 14.0. The van der Waals surface area contributed by atoms with E-state index in [0.29, 0.717) is 10.4 Å². The van der Waals surface area contributed by atoms with Gasteiger partial charge >= 0.3 is 20.5 Å². The fourth-order valence-corrected chi connectivity index (χ4v) is 4.32. The molecule has 0 bridgehead atoms. The molecule has 21 heavy (non-hydrogen) atoms. The molecule has 1 aromatic rings. The Hall–Kier alpha value is -0.850. The van der Waals surface area contributed by atoms with Gasteiger partial charge in [-0.3, -0.25) is 0 Å². The third-order valence-corrected chi connectivity index (χ3v) is 6.15. The van der Waals surface area contributed by atoms with E-state index in [1.807, 2.05) is 0 Å². The average Bonchev–Trinajstić information content (AvgIpc) is 2.75. The van der Waals surface area contributed by atoms with Crippen LogP contribution in [-0.2, 0) is 41.3 Å². The van der Waals surface area contributed by atoms with Crippen LogP contribution in [0.25, 0.3) is 0 Å². The molecule has 1 unspecified atom stereocenters. The summed E-state index contributed by atoms with van der Waals surface area (Å²) in [4.78, 5) is 0.647. The molecule has 120 valence electrons. The molecule has 1 atom stereocenters. The van der Waals surface area contributed by atoms with E-state index in [1.54, 1.807) is 13.8 Å². The van der Waals surface area contributed by atoms with Crippen molar-refractivity contribution in [2.45, 2.75) is 31.0 Å². The highest BCUT2D eigenvalue weighted by Crippen LogP contribution is 2.28. The van der Waals surface area contributed by atoms with Crippen LogP contribution in [0, 0.1) is 6.92 Å². The van der Waals surface area contributed by atoms with Crippen LogP contribution in [0.1, 0.15) is 17.4 Å². The smallest absolute Gasteiger partial charge is 0.327 e. The Morgan fingerprint density at radius 2 is 2.10 bits per heavy atom. The molecule has 1 heterocycles. The molecule has 0 aromatic carbocycles. The summed E-state index contributed by atoms with van der Waals surface area (Å²) >= 11 is 0.906. The molecule has 0 amide bonds. The largest absolute Gasteiger partial charge is 0.356 e. The molecule has 0 fully saturated rings. The Balaban J connectivity index is 2.73. The van der Waals surface area contributed by atoms with Crippen molar-refractivity contribution in [3.63, 3.8) is 0 Å². The van der Waals surface area contributed by atoms with Crippen LogP contribution >= 0.6 is 11.3 Å². The molecular formula is C10H15NO7S3. The van der Waals surface area contributed by atoms with Crippen molar-refractivity contribution in [1.29, 1.82) is 0 Å². The topological polar surface area (TPSA) is 108 Å². The van der Waals surface area contributed by atoms with E-state index >= 15 is 0 Å². The lowest BCUT2D eigenvalue weighted by Crippen LogP contribution is -2.12. The Morgan fingerprint density at radius 3 is 2.67 bits per heavy atom. The van der Waals surface area contributed by atoms with Gasteiger partial charge in [0.25, 0.3) is 0 Å². The van der Waals surface area contributed by atoms with Gasteiger partial charge in [-0.1, -0.05) is 0 Å². The van der Waals surface area contributed by atoms with E-state index in [9.17, 15) is 16.8 Å². The Bertz CT molecular complexity index is 697. The molecule has 0 aliphatic carbocycles. The zero-order chi connectivity index (χ0) is 16.0. The second-order valence-electron chi connectivity index (χ2n) is 3.87. The second-order valence-corrected chi connectivity index (χ2v) is 7.69. The Labute approximate surface area is 128 Å². The molecule has 0 saturated carbocycles. The maximum absolute atomic E-state index is 11.6. The van der Waals surface area contributed by atoms with Crippen LogP contribution in [0.5, 0.6) is 0 Å². The van der Waals surface area contributed by atoms with Crippen molar-refractivity contribution in [1.82, 2.24) is 0 Å². The van der Waals surface area contributed by atoms with Crippen LogP contribution < -0.4 is 0 Å². The first-order valence-electron chi connectivity index (χ1n) is 5.65. The van der Waals surface area contributed by atoms with E-state index in [4.69, 9.17) is 14.2 Å². The molecule has 8 nitrogen and oxygen atoms in total. The zero-order valence-electron chi connectivity index (χ0n) is 11.6. The van der Waals surface area contributed by atoms with E-state index in [1.165, 1.54) is 13.2 Å². The van der Waals surface area contributed by atoms with Gasteiger partial charge in [-0.15, -0.1) is 11.3 Å². The van der Waals surface area contributed by atoms with Crippen LogP contribution in [0.3, 0.4) is 0 Å². The lowest BCUT2D eigenvalue weighted by atomic mass is 10.3. The highest BCUT2D eigenvalue weighted by Gasteiger charge is 2.19. The van der Waals surface area contributed by atoms with Gasteiger partial charge in [0, 0.05) is 12.0 Å². The number of rotatable bonds is 8. The van der Waals surface area contributed by atoms with Gasteiger partial charge < -0.3 is 14.2 Å². The number of thiophene rings is 1. The van der Waals surface area contributed by atoms with Gasteiger partial charge in [-0.25, -0.2) is 0 Å². The maximum atomic E-state index is 11.6. The highest BCUT2D eigenvalue weighted by atomic mass is 32.3. The Kier molecular flexibility index (Phi) is 6.90. The van der Waals surface area contributed by atoms with Crippen molar-refractivity contribution in [2.24, 2.45) is 3.77 Å². The van der Waals surface area contributed by atoms with Crippen LogP contribution in [0.4, 0.5) is 0 Å². The normalized spacial score (nSPS) is 13.1. The minimum Gasteiger partial charge on any atom is -0.356 e. The summed E-state index contributed by atoms with van der Waals surface area (Å²) in [6, 6.07) is 1.35. The highest BCUT2D eigenvalue weighted by molar-refractivity contribution is 7.95. The van der Waals surface area contributed by atoms with Crippen molar-refractivity contribution in [3.8, 4) is 0 Å². The van der Waals surface area contributed by atoms with Gasteiger partial charge in [-0.2, -0.15) is 16.8 Å². The van der Waals surface area contributed by atoms with Gasteiger partial charge in [-0.05, 0) is 29.2 Å². The number of hydrogen-bond acceptors (Lipinski definition) is 8. The minimum absolute atomic E-state index is 0.0105. The monoisotopic (exact) mass is 357 g/mol. The Morgan fingerprint density at radius 1 is 1.43 bits per heavy atom. The van der Waals surface area contributed by atoms with Crippen molar-refractivity contribution < 1.29 is 31.0 Å². The lowest BCUT2D eigenvalue weighted by molar-refractivity contribution is -0.177.